The van der Waals surface area contributed by atoms with Crippen molar-refractivity contribution in [3.63, 3.8) is 0 Å². The molecule has 0 aromatic heterocycles. The molecular weight excluding hydrogens is 439 g/mol. The molecule has 0 aliphatic carbocycles. The van der Waals surface area contributed by atoms with Crippen molar-refractivity contribution in [1.82, 2.24) is 5.32 Å². The lowest BCUT2D eigenvalue weighted by Gasteiger charge is -2.12. The van der Waals surface area contributed by atoms with Crippen LogP contribution in [0.5, 0.6) is 0 Å². The molecule has 0 aliphatic rings. The number of carbonyl (C=O) groups excluding carboxylic acids is 1. The predicted octanol–water partition coefficient (Wildman–Crippen LogP) is 3.42. The maximum atomic E-state index is 13.6. The molecule has 2 aromatic rings. The Hall–Kier alpha value is -3.11. The quantitative estimate of drug-likeness (QED) is 0.355. The van der Waals surface area contributed by atoms with Gasteiger partial charge in [0.15, 0.2) is 23.2 Å². The molecule has 0 bridgehead atoms. The van der Waals surface area contributed by atoms with Crippen molar-refractivity contribution in [2.75, 3.05) is 27.9 Å². The third-order valence-electron chi connectivity index (χ3n) is 3.98. The number of likely N-dealkylation sites (N-methyl/N-ethyl adjacent to an activating group) is 1. The van der Waals surface area contributed by atoms with Gasteiger partial charge in [-0.05, 0) is 18.2 Å². The average molecular weight is 458 g/mol. The van der Waals surface area contributed by atoms with Crippen LogP contribution in [0.25, 0.3) is 0 Å². The molecule has 7 nitrogen and oxygen atoms in total. The fourth-order valence-electron chi connectivity index (χ4n) is 2.55. The number of nitrogens with zero attached hydrogens (tertiary/aromatic N) is 2. The van der Waals surface area contributed by atoms with Crippen LogP contribution in [0.3, 0.4) is 0 Å². The highest BCUT2D eigenvalue weighted by atomic mass is 35.5. The minimum atomic E-state index is -1.60. The van der Waals surface area contributed by atoms with Gasteiger partial charge in [0.05, 0.1) is 6.61 Å². The molecule has 0 fully saturated rings. The number of ether oxygens (including phenoxy) is 1. The SMILES string of the molecule is CNC(=O)/C(=N/OC)c1cccc(Cl)c1CO/N=C(\COC)c1cc(F)c(F)c(F)c1. The molecular formula is C20H19ClF3N3O4. The normalized spacial score (nSPS) is 12.0. The highest BCUT2D eigenvalue weighted by Gasteiger charge is 2.20. The van der Waals surface area contributed by atoms with E-state index in [0.717, 1.165) is 12.1 Å². The van der Waals surface area contributed by atoms with Crippen LogP contribution in [0.2, 0.25) is 5.02 Å². The van der Waals surface area contributed by atoms with Crippen LogP contribution in [0.15, 0.2) is 40.6 Å². The topological polar surface area (TPSA) is 81.5 Å². The minimum absolute atomic E-state index is 0.00554. The van der Waals surface area contributed by atoms with Gasteiger partial charge in [-0.2, -0.15) is 0 Å². The number of carbonyl (C=O) groups is 1. The van der Waals surface area contributed by atoms with Gasteiger partial charge in [-0.25, -0.2) is 13.2 Å². The standard InChI is InChI=1S/C20H19ClF3N3O4/c1-25-20(28)19(27-30-3)12-5-4-6-14(21)13(12)9-31-26-17(10-29-2)11-7-15(22)18(24)16(23)8-11/h4-8H,9-10H2,1-3H3,(H,25,28)/b26-17+,27-19+. The van der Waals surface area contributed by atoms with Crippen molar-refractivity contribution in [1.29, 1.82) is 0 Å². The third-order valence-corrected chi connectivity index (χ3v) is 4.33. The number of benzene rings is 2. The van der Waals surface area contributed by atoms with E-state index in [2.05, 4.69) is 15.6 Å². The van der Waals surface area contributed by atoms with E-state index in [4.69, 9.17) is 26.0 Å². The minimum Gasteiger partial charge on any atom is -0.398 e. The number of methoxy groups -OCH3 is 1. The van der Waals surface area contributed by atoms with Gasteiger partial charge in [0.2, 0.25) is 0 Å². The van der Waals surface area contributed by atoms with Gasteiger partial charge < -0.3 is 19.7 Å². The lowest BCUT2D eigenvalue weighted by molar-refractivity contribution is -0.114. The van der Waals surface area contributed by atoms with Gasteiger partial charge in [-0.3, -0.25) is 4.79 Å². The smallest absolute Gasteiger partial charge is 0.273 e. The van der Waals surface area contributed by atoms with Crippen molar-refractivity contribution in [3.05, 3.63) is 69.5 Å². The third kappa shape index (κ3) is 5.96. The van der Waals surface area contributed by atoms with E-state index in [0.29, 0.717) is 11.1 Å². The van der Waals surface area contributed by atoms with E-state index >= 15 is 0 Å². The molecule has 166 valence electrons. The number of nitrogens with one attached hydrogen (secondary N) is 1. The first-order chi connectivity index (χ1) is 14.8. The van der Waals surface area contributed by atoms with Gasteiger partial charge in [0.1, 0.15) is 19.4 Å². The molecule has 0 atom stereocenters. The van der Waals surface area contributed by atoms with E-state index in [1.165, 1.54) is 21.3 Å². The fraction of sp³-hybridized carbons (Fsp3) is 0.250. The van der Waals surface area contributed by atoms with Crippen molar-refractivity contribution in [2.45, 2.75) is 6.61 Å². The number of rotatable bonds is 9. The Labute approximate surface area is 181 Å². The number of hydrogen-bond donors (Lipinski definition) is 1. The summed E-state index contributed by atoms with van der Waals surface area (Å²) in [7, 11) is 4.05. The fourth-order valence-corrected chi connectivity index (χ4v) is 2.77. The molecule has 1 amide bonds. The second-order valence-electron chi connectivity index (χ2n) is 5.97. The van der Waals surface area contributed by atoms with Crippen LogP contribution in [0.4, 0.5) is 13.2 Å². The summed E-state index contributed by atoms with van der Waals surface area (Å²) in [6.45, 7) is -0.400. The van der Waals surface area contributed by atoms with Crippen molar-refractivity contribution in [3.8, 4) is 0 Å². The van der Waals surface area contributed by atoms with Crippen molar-refractivity contribution in [2.24, 2.45) is 10.3 Å². The Bertz CT molecular complexity index is 992. The summed E-state index contributed by atoms with van der Waals surface area (Å²) in [5, 5.41) is 10.3. The van der Waals surface area contributed by atoms with Gasteiger partial charge in [0, 0.05) is 35.9 Å². The van der Waals surface area contributed by atoms with E-state index < -0.39 is 23.4 Å². The number of halogens is 4. The number of hydrogen-bond acceptors (Lipinski definition) is 6. The molecule has 2 rings (SSSR count). The lowest BCUT2D eigenvalue weighted by atomic mass is 10.0. The van der Waals surface area contributed by atoms with Gasteiger partial charge >= 0.3 is 0 Å². The monoisotopic (exact) mass is 457 g/mol. The summed E-state index contributed by atoms with van der Waals surface area (Å²) in [6.07, 6.45) is 0. The Morgan fingerprint density at radius 1 is 1.13 bits per heavy atom. The van der Waals surface area contributed by atoms with Crippen molar-refractivity contribution >= 4 is 28.9 Å². The maximum Gasteiger partial charge on any atom is 0.273 e. The highest BCUT2D eigenvalue weighted by molar-refractivity contribution is 6.46. The summed E-state index contributed by atoms with van der Waals surface area (Å²) in [4.78, 5) is 22.2. The molecule has 0 spiro atoms. The van der Waals surface area contributed by atoms with Crippen LogP contribution in [0, 0.1) is 17.5 Å². The van der Waals surface area contributed by atoms with E-state index in [1.807, 2.05) is 0 Å². The Morgan fingerprint density at radius 3 is 2.39 bits per heavy atom. The molecule has 0 unspecified atom stereocenters. The highest BCUT2D eigenvalue weighted by Crippen LogP contribution is 2.23. The van der Waals surface area contributed by atoms with Crippen LogP contribution < -0.4 is 5.32 Å². The molecule has 0 saturated heterocycles. The van der Waals surface area contributed by atoms with Crippen LogP contribution in [0.1, 0.15) is 16.7 Å². The average Bonchev–Trinajstić information content (AvgIpc) is 2.75. The van der Waals surface area contributed by atoms with Gasteiger partial charge in [-0.15, -0.1) is 0 Å². The number of oxime groups is 2. The van der Waals surface area contributed by atoms with Gasteiger partial charge in [-0.1, -0.05) is 34.0 Å². The lowest BCUT2D eigenvalue weighted by Crippen LogP contribution is -2.29. The van der Waals surface area contributed by atoms with E-state index in [-0.39, 0.29) is 35.2 Å². The summed E-state index contributed by atoms with van der Waals surface area (Å²) < 4.78 is 45.3. The summed E-state index contributed by atoms with van der Waals surface area (Å²) in [5.41, 5.74) is 0.585. The Morgan fingerprint density at radius 2 is 1.81 bits per heavy atom. The van der Waals surface area contributed by atoms with Crippen molar-refractivity contribution < 1.29 is 32.4 Å². The zero-order valence-corrected chi connectivity index (χ0v) is 17.6. The molecule has 0 saturated carbocycles. The molecule has 0 radical (unpaired) electrons. The maximum absolute atomic E-state index is 13.6. The molecule has 31 heavy (non-hydrogen) atoms. The molecule has 0 heterocycles. The van der Waals surface area contributed by atoms with E-state index in [1.54, 1.807) is 18.2 Å². The van der Waals surface area contributed by atoms with Crippen LogP contribution in [-0.4, -0.2) is 45.2 Å². The summed E-state index contributed by atoms with van der Waals surface area (Å²) in [5.74, 6) is -4.87. The first-order valence-corrected chi connectivity index (χ1v) is 9.15. The first kappa shape index (κ1) is 24.2. The summed E-state index contributed by atoms with van der Waals surface area (Å²) in [6, 6.07) is 6.31. The largest absolute Gasteiger partial charge is 0.398 e. The molecule has 2 aromatic carbocycles. The zero-order valence-electron chi connectivity index (χ0n) is 16.8. The Balaban J connectivity index is 2.37. The number of amides is 1. The van der Waals surface area contributed by atoms with Crippen LogP contribution in [-0.2, 0) is 25.8 Å². The molecule has 11 heteroatoms. The first-order valence-electron chi connectivity index (χ1n) is 8.77. The predicted molar refractivity (Wildman–Crippen MR) is 109 cm³/mol. The second kappa shape index (κ2) is 11.3. The molecule has 0 aliphatic heterocycles. The summed E-state index contributed by atoms with van der Waals surface area (Å²) >= 11 is 6.25. The molecule has 1 N–H and O–H groups in total. The van der Waals surface area contributed by atoms with Gasteiger partial charge in [0.25, 0.3) is 5.91 Å². The second-order valence-corrected chi connectivity index (χ2v) is 6.37. The van der Waals surface area contributed by atoms with E-state index in [9.17, 15) is 18.0 Å². The zero-order chi connectivity index (χ0) is 23.0. The Kier molecular flexibility index (Phi) is 8.83. The van der Waals surface area contributed by atoms with Crippen LogP contribution >= 0.6 is 11.6 Å².